The predicted molar refractivity (Wildman–Crippen MR) is 81.8 cm³/mol. The van der Waals surface area contributed by atoms with Crippen molar-refractivity contribution < 1.29 is 9.53 Å². The highest BCUT2D eigenvalue weighted by molar-refractivity contribution is 5.78. The van der Waals surface area contributed by atoms with Crippen molar-refractivity contribution in [2.75, 3.05) is 46.4 Å². The van der Waals surface area contributed by atoms with Gasteiger partial charge in [-0.1, -0.05) is 6.92 Å². The van der Waals surface area contributed by atoms with Crippen LogP contribution in [0.2, 0.25) is 0 Å². The number of methoxy groups -OCH3 is 1. The number of hydrogen-bond acceptors (Lipinski definition) is 4. The van der Waals surface area contributed by atoms with Crippen LogP contribution in [0.1, 0.15) is 33.1 Å². The van der Waals surface area contributed by atoms with Crippen molar-refractivity contribution >= 4 is 5.91 Å². The van der Waals surface area contributed by atoms with Crippen LogP contribution in [-0.4, -0.2) is 63.3 Å². The summed E-state index contributed by atoms with van der Waals surface area (Å²) in [5, 5.41) is 6.46. The fourth-order valence-corrected chi connectivity index (χ4v) is 2.57. The number of likely N-dealkylation sites (tertiary alicyclic amines) is 1. The van der Waals surface area contributed by atoms with Crippen molar-refractivity contribution in [3.63, 3.8) is 0 Å². The van der Waals surface area contributed by atoms with Crippen LogP contribution in [0.25, 0.3) is 0 Å². The highest BCUT2D eigenvalue weighted by Gasteiger charge is 2.21. The molecule has 1 fully saturated rings. The zero-order valence-electron chi connectivity index (χ0n) is 13.3. The van der Waals surface area contributed by atoms with Crippen LogP contribution in [0.4, 0.5) is 0 Å². The molecule has 0 aromatic rings. The summed E-state index contributed by atoms with van der Waals surface area (Å²) < 4.78 is 5.03. The SMILES string of the molecule is CCC(C)NC(=O)CN1CCCC(CNCCOC)C1. The third kappa shape index (κ3) is 7.22. The number of carbonyl (C=O) groups is 1. The molecule has 1 heterocycles. The van der Waals surface area contributed by atoms with Gasteiger partial charge in [-0.3, -0.25) is 9.69 Å². The fourth-order valence-electron chi connectivity index (χ4n) is 2.57. The number of rotatable bonds is 9. The summed E-state index contributed by atoms with van der Waals surface area (Å²) in [4.78, 5) is 14.2. The summed E-state index contributed by atoms with van der Waals surface area (Å²) in [5.41, 5.74) is 0. The van der Waals surface area contributed by atoms with Gasteiger partial charge in [0.05, 0.1) is 13.2 Å². The number of carbonyl (C=O) groups excluding carboxylic acids is 1. The molecule has 1 aliphatic rings. The van der Waals surface area contributed by atoms with Gasteiger partial charge in [0.15, 0.2) is 0 Å². The van der Waals surface area contributed by atoms with Crippen LogP contribution in [-0.2, 0) is 9.53 Å². The number of amides is 1. The number of ether oxygens (including phenoxy) is 1. The van der Waals surface area contributed by atoms with Crippen molar-refractivity contribution in [2.24, 2.45) is 5.92 Å². The van der Waals surface area contributed by atoms with Gasteiger partial charge in [-0.2, -0.15) is 0 Å². The molecule has 0 aromatic heterocycles. The second-order valence-corrected chi connectivity index (χ2v) is 5.82. The van der Waals surface area contributed by atoms with Gasteiger partial charge in [-0.15, -0.1) is 0 Å². The first-order valence-corrected chi connectivity index (χ1v) is 7.87. The van der Waals surface area contributed by atoms with E-state index in [1.54, 1.807) is 7.11 Å². The molecule has 2 N–H and O–H groups in total. The smallest absolute Gasteiger partial charge is 0.234 e. The lowest BCUT2D eigenvalue weighted by molar-refractivity contribution is -0.123. The van der Waals surface area contributed by atoms with Crippen molar-refractivity contribution in [2.45, 2.75) is 39.2 Å². The molecule has 1 rings (SSSR count). The summed E-state index contributed by atoms with van der Waals surface area (Å²) in [6.07, 6.45) is 3.43. The molecule has 1 saturated heterocycles. The van der Waals surface area contributed by atoms with Crippen LogP contribution in [0, 0.1) is 5.92 Å². The molecule has 5 nitrogen and oxygen atoms in total. The van der Waals surface area contributed by atoms with E-state index in [0.29, 0.717) is 12.5 Å². The Bertz CT molecular complexity index is 274. The van der Waals surface area contributed by atoms with E-state index in [1.165, 1.54) is 12.8 Å². The Morgan fingerprint density at radius 3 is 3.00 bits per heavy atom. The molecule has 1 amide bonds. The van der Waals surface area contributed by atoms with Crippen LogP contribution in [0.5, 0.6) is 0 Å². The molecule has 2 atom stereocenters. The molecular weight excluding hydrogens is 254 g/mol. The summed E-state index contributed by atoms with van der Waals surface area (Å²) in [6, 6.07) is 0.277. The van der Waals surface area contributed by atoms with E-state index < -0.39 is 0 Å². The largest absolute Gasteiger partial charge is 0.383 e. The number of nitrogens with one attached hydrogen (secondary N) is 2. The van der Waals surface area contributed by atoms with Crippen molar-refractivity contribution in [3.8, 4) is 0 Å². The lowest BCUT2D eigenvalue weighted by Gasteiger charge is -2.32. The summed E-state index contributed by atoms with van der Waals surface area (Å²) in [7, 11) is 1.72. The van der Waals surface area contributed by atoms with Crippen LogP contribution in [0.3, 0.4) is 0 Å². The van der Waals surface area contributed by atoms with Crippen molar-refractivity contribution in [3.05, 3.63) is 0 Å². The van der Waals surface area contributed by atoms with Gasteiger partial charge in [0.25, 0.3) is 0 Å². The zero-order chi connectivity index (χ0) is 14.8. The summed E-state index contributed by atoms with van der Waals surface area (Å²) in [5.74, 6) is 0.810. The normalized spacial score (nSPS) is 21.6. The zero-order valence-corrected chi connectivity index (χ0v) is 13.3. The van der Waals surface area contributed by atoms with Gasteiger partial charge in [0, 0.05) is 26.2 Å². The van der Waals surface area contributed by atoms with Crippen molar-refractivity contribution in [1.29, 1.82) is 0 Å². The molecule has 118 valence electrons. The Morgan fingerprint density at radius 2 is 2.30 bits per heavy atom. The minimum Gasteiger partial charge on any atom is -0.383 e. The molecule has 5 heteroatoms. The Morgan fingerprint density at radius 1 is 1.50 bits per heavy atom. The van der Waals surface area contributed by atoms with Gasteiger partial charge in [0.1, 0.15) is 0 Å². The lowest BCUT2D eigenvalue weighted by atomic mass is 9.98. The summed E-state index contributed by atoms with van der Waals surface area (Å²) in [6.45, 7) is 9.43. The van der Waals surface area contributed by atoms with E-state index in [9.17, 15) is 4.79 Å². The maximum absolute atomic E-state index is 11.9. The van der Waals surface area contributed by atoms with Gasteiger partial charge in [-0.05, 0) is 45.2 Å². The molecule has 0 bridgehead atoms. The molecule has 2 unspecified atom stereocenters. The maximum atomic E-state index is 11.9. The molecule has 0 radical (unpaired) electrons. The molecule has 1 aliphatic heterocycles. The Balaban J connectivity index is 2.21. The standard InChI is InChI=1S/C15H31N3O2/c1-4-13(2)17-15(19)12-18-8-5-6-14(11-18)10-16-7-9-20-3/h13-14,16H,4-12H2,1-3H3,(H,17,19). The predicted octanol–water partition coefficient (Wildman–Crippen LogP) is 0.849. The van der Waals surface area contributed by atoms with Crippen LogP contribution >= 0.6 is 0 Å². The molecule has 0 aromatic carbocycles. The second kappa shape index (κ2) is 10.1. The molecule has 0 aliphatic carbocycles. The highest BCUT2D eigenvalue weighted by atomic mass is 16.5. The van der Waals surface area contributed by atoms with E-state index in [4.69, 9.17) is 4.74 Å². The number of nitrogens with zero attached hydrogens (tertiary/aromatic N) is 1. The molecular formula is C15H31N3O2. The minimum atomic E-state index is 0.160. The minimum absolute atomic E-state index is 0.160. The molecule has 0 spiro atoms. The third-order valence-corrected chi connectivity index (χ3v) is 3.91. The van der Waals surface area contributed by atoms with E-state index in [1.807, 2.05) is 0 Å². The van der Waals surface area contributed by atoms with Crippen LogP contribution < -0.4 is 10.6 Å². The van der Waals surface area contributed by atoms with E-state index in [0.717, 1.165) is 39.2 Å². The average Bonchev–Trinajstić information content (AvgIpc) is 2.43. The Kier molecular flexibility index (Phi) is 8.82. The monoisotopic (exact) mass is 285 g/mol. The Hall–Kier alpha value is -0.650. The third-order valence-electron chi connectivity index (χ3n) is 3.91. The quantitative estimate of drug-likeness (QED) is 0.617. The second-order valence-electron chi connectivity index (χ2n) is 5.82. The van der Waals surface area contributed by atoms with Crippen LogP contribution in [0.15, 0.2) is 0 Å². The van der Waals surface area contributed by atoms with E-state index in [2.05, 4.69) is 29.4 Å². The van der Waals surface area contributed by atoms with E-state index in [-0.39, 0.29) is 11.9 Å². The first kappa shape index (κ1) is 17.4. The van der Waals surface area contributed by atoms with Gasteiger partial charge < -0.3 is 15.4 Å². The van der Waals surface area contributed by atoms with Gasteiger partial charge in [0.2, 0.25) is 5.91 Å². The highest BCUT2D eigenvalue weighted by Crippen LogP contribution is 2.15. The number of piperidine rings is 1. The molecule has 0 saturated carbocycles. The fraction of sp³-hybridized carbons (Fsp3) is 0.933. The average molecular weight is 285 g/mol. The van der Waals surface area contributed by atoms with Gasteiger partial charge in [-0.25, -0.2) is 0 Å². The number of hydrogen-bond donors (Lipinski definition) is 2. The first-order valence-electron chi connectivity index (χ1n) is 7.87. The first-order chi connectivity index (χ1) is 9.65. The maximum Gasteiger partial charge on any atom is 0.234 e. The lowest BCUT2D eigenvalue weighted by Crippen LogP contribution is -2.46. The van der Waals surface area contributed by atoms with Crippen molar-refractivity contribution in [1.82, 2.24) is 15.5 Å². The van der Waals surface area contributed by atoms with E-state index >= 15 is 0 Å². The molecule has 20 heavy (non-hydrogen) atoms. The van der Waals surface area contributed by atoms with Gasteiger partial charge >= 0.3 is 0 Å². The summed E-state index contributed by atoms with van der Waals surface area (Å²) >= 11 is 0. The topological polar surface area (TPSA) is 53.6 Å². The Labute approximate surface area is 123 Å².